The molecule has 15 nitrogen and oxygen atoms in total. The topological polar surface area (TPSA) is 198 Å². The van der Waals surface area contributed by atoms with E-state index in [0.717, 1.165) is 92.6 Å². The molecule has 3 aliphatic heterocycles. The van der Waals surface area contributed by atoms with E-state index in [4.69, 9.17) is 0 Å². The number of aryl methyl sites for hydroxylation is 1. The van der Waals surface area contributed by atoms with Crippen LogP contribution in [0.2, 0.25) is 0 Å². The number of rotatable bonds is 26. The Balaban J connectivity index is 0.713. The molecule has 4 aromatic rings. The van der Waals surface area contributed by atoms with Crippen molar-refractivity contribution in [3.63, 3.8) is 0 Å². The van der Waals surface area contributed by atoms with E-state index >= 15 is 0 Å². The summed E-state index contributed by atoms with van der Waals surface area (Å²) in [5.74, 6) is -0.551. The van der Waals surface area contributed by atoms with Crippen molar-refractivity contribution in [3.05, 3.63) is 94.5 Å². The van der Waals surface area contributed by atoms with Gasteiger partial charge in [-0.15, -0.1) is 11.3 Å². The third-order valence-electron chi connectivity index (χ3n) is 14.6. The first kappa shape index (κ1) is 54.4. The molecule has 72 heavy (non-hydrogen) atoms. The van der Waals surface area contributed by atoms with E-state index in [9.17, 15) is 34.2 Å². The zero-order valence-electron chi connectivity index (χ0n) is 42.8. The number of hydrogen-bond donors (Lipinski definition) is 4. The first-order valence-corrected chi connectivity index (χ1v) is 27.1. The van der Waals surface area contributed by atoms with Crippen molar-refractivity contribution in [2.75, 3.05) is 38.0 Å². The van der Waals surface area contributed by atoms with Crippen LogP contribution >= 0.6 is 11.3 Å². The molecule has 0 aliphatic carbocycles. The molecular weight excluding hydrogens is 929 g/mol. The van der Waals surface area contributed by atoms with Gasteiger partial charge in [0.25, 0.3) is 0 Å². The summed E-state index contributed by atoms with van der Waals surface area (Å²) in [5, 5.41) is 27.6. The first-order valence-electron chi connectivity index (χ1n) is 26.3. The Hall–Kier alpha value is -5.42. The molecular formula is C56H76N8O7S. The molecule has 2 fully saturated rings. The number of nitrogens with zero attached hydrogens (tertiary/aromatic N) is 6. The maximum Gasteiger partial charge on any atom is 0.243 e. The van der Waals surface area contributed by atoms with Crippen LogP contribution in [-0.2, 0) is 38.7 Å². The summed E-state index contributed by atoms with van der Waals surface area (Å²) in [7, 11) is 0. The van der Waals surface area contributed by atoms with Gasteiger partial charge in [0, 0.05) is 89.9 Å². The first-order chi connectivity index (χ1) is 34.6. The molecule has 5 heterocycles. The van der Waals surface area contributed by atoms with E-state index in [2.05, 4.69) is 48.7 Å². The Morgan fingerprint density at radius 2 is 1.54 bits per heavy atom. The Morgan fingerprint density at radius 3 is 2.24 bits per heavy atom. The molecule has 16 heteroatoms. The normalized spacial score (nSPS) is 18.0. The molecule has 388 valence electrons. The number of benzene rings is 2. The number of ketones is 2. The summed E-state index contributed by atoms with van der Waals surface area (Å²) >= 11 is 1.59. The zero-order valence-corrected chi connectivity index (χ0v) is 43.6. The van der Waals surface area contributed by atoms with Gasteiger partial charge < -0.3 is 30.6 Å². The molecule has 2 aromatic heterocycles. The lowest BCUT2D eigenvalue weighted by Gasteiger charge is -2.40. The minimum atomic E-state index is -0.810. The molecule has 2 saturated heterocycles. The van der Waals surface area contributed by atoms with Gasteiger partial charge >= 0.3 is 0 Å². The van der Waals surface area contributed by atoms with Crippen LogP contribution in [0.3, 0.4) is 0 Å². The predicted octanol–water partition coefficient (Wildman–Crippen LogP) is 7.71. The molecule has 4 atom stereocenters. The third-order valence-corrected chi connectivity index (χ3v) is 15.6. The summed E-state index contributed by atoms with van der Waals surface area (Å²) in [6.45, 7) is 11.6. The van der Waals surface area contributed by atoms with Crippen LogP contribution in [0.25, 0.3) is 10.4 Å². The fraction of sp³-hybridized carbons (Fsp3) is 0.571. The monoisotopic (exact) mass is 1000 g/mol. The van der Waals surface area contributed by atoms with Gasteiger partial charge in [-0.2, -0.15) is 0 Å². The van der Waals surface area contributed by atoms with Crippen LogP contribution in [0.4, 0.5) is 5.82 Å². The Bertz CT molecular complexity index is 2450. The molecule has 7 rings (SSSR count). The average Bonchev–Trinajstić information content (AvgIpc) is 3.97. The van der Waals surface area contributed by atoms with Crippen LogP contribution in [0.5, 0.6) is 0 Å². The minimum absolute atomic E-state index is 0.0454. The van der Waals surface area contributed by atoms with Gasteiger partial charge in [0.1, 0.15) is 29.7 Å². The lowest BCUT2D eigenvalue weighted by Crippen LogP contribution is -2.57. The zero-order chi connectivity index (χ0) is 51.2. The number of β-amino-alcohol motifs (C(OH)–C–C–N with tert-alkyl or cyclic N) is 2. The number of aromatic nitrogens is 3. The summed E-state index contributed by atoms with van der Waals surface area (Å²) < 4.78 is 0. The number of fused-ring (bicyclic) bond motifs is 1. The van der Waals surface area contributed by atoms with Crippen LogP contribution in [0, 0.1) is 18.3 Å². The highest BCUT2D eigenvalue weighted by Gasteiger charge is 2.44. The molecule has 2 aromatic carbocycles. The third kappa shape index (κ3) is 15.5. The number of anilines is 1. The van der Waals surface area contributed by atoms with Crippen molar-refractivity contribution in [2.45, 2.75) is 161 Å². The van der Waals surface area contributed by atoms with E-state index in [1.807, 2.05) is 68.4 Å². The highest BCUT2D eigenvalue weighted by molar-refractivity contribution is 7.13. The Labute approximate surface area is 429 Å². The van der Waals surface area contributed by atoms with E-state index in [-0.39, 0.29) is 61.1 Å². The molecule has 0 unspecified atom stereocenters. The number of aliphatic hydroxyl groups is 2. The Kier molecular flexibility index (Phi) is 19.6. The van der Waals surface area contributed by atoms with Crippen LogP contribution < -0.4 is 10.6 Å². The van der Waals surface area contributed by atoms with Crippen LogP contribution in [-0.4, -0.2) is 126 Å². The maximum atomic E-state index is 14.1. The largest absolute Gasteiger partial charge is 0.392 e. The minimum Gasteiger partial charge on any atom is -0.392 e. The van der Waals surface area contributed by atoms with E-state index < -0.39 is 29.6 Å². The summed E-state index contributed by atoms with van der Waals surface area (Å²) in [5.41, 5.74) is 7.26. The number of thiazole rings is 1. The van der Waals surface area contributed by atoms with E-state index in [1.54, 1.807) is 17.4 Å². The lowest BCUT2D eigenvalue weighted by molar-refractivity contribution is -0.146. The van der Waals surface area contributed by atoms with Crippen molar-refractivity contribution in [3.8, 4) is 10.4 Å². The number of Topliss-reactive ketones (excluding diaryl/α,β-unsaturated/α-hetero) is 2. The standard InChI is InChI=1S/C56H76N8O7S/c1-38-53(72-37-60-38)41-21-19-39(20-22-41)30-57-54(70)49-28-46(67)35-64(49)55(71)47(56(2,3)4)27-44(65)17-11-9-7-5-6-8-10-12-18-52(69)63-32-43(33-63)61-51-29-48(58-36-59-51)50(68)24-23-45(66)34-62-26-25-40-15-13-14-16-42(40)31-62/h13-16,19-22,29,36-37,43,45-47,49,66-67H,5-12,17-18,23-28,30-35H2,1-4H3,(H,57,70)(H,58,59,61)/t45-,46+,47+,49-/m0/s1. The molecule has 4 N–H and O–H groups in total. The highest BCUT2D eigenvalue weighted by Crippen LogP contribution is 2.34. The number of likely N-dealkylation sites (tertiary alicyclic amines) is 2. The fourth-order valence-electron chi connectivity index (χ4n) is 10.2. The van der Waals surface area contributed by atoms with Crippen molar-refractivity contribution < 1.29 is 34.2 Å². The molecule has 0 saturated carbocycles. The number of nitrogens with one attached hydrogen (secondary N) is 2. The van der Waals surface area contributed by atoms with Crippen molar-refractivity contribution >= 4 is 46.4 Å². The predicted molar refractivity (Wildman–Crippen MR) is 280 cm³/mol. The second-order valence-corrected chi connectivity index (χ2v) is 22.2. The van der Waals surface area contributed by atoms with Gasteiger partial charge in [-0.25, -0.2) is 15.0 Å². The lowest BCUT2D eigenvalue weighted by atomic mass is 9.76. The van der Waals surface area contributed by atoms with Gasteiger partial charge in [-0.05, 0) is 60.3 Å². The van der Waals surface area contributed by atoms with Gasteiger partial charge in [0.2, 0.25) is 17.7 Å². The number of unbranched alkanes of at least 4 members (excludes halogenated alkanes) is 7. The molecule has 3 aliphatic rings. The molecule has 3 amide bonds. The van der Waals surface area contributed by atoms with Gasteiger partial charge in [-0.1, -0.05) is 108 Å². The van der Waals surface area contributed by atoms with Gasteiger partial charge in [0.05, 0.1) is 34.3 Å². The number of hydrogen-bond acceptors (Lipinski definition) is 13. The second kappa shape index (κ2) is 26.0. The van der Waals surface area contributed by atoms with Gasteiger partial charge in [-0.3, -0.25) is 28.9 Å². The van der Waals surface area contributed by atoms with Crippen molar-refractivity contribution in [2.24, 2.45) is 11.3 Å². The van der Waals surface area contributed by atoms with Gasteiger partial charge in [0.15, 0.2) is 5.78 Å². The summed E-state index contributed by atoms with van der Waals surface area (Å²) in [6.07, 6.45) is 10.4. The smallest absolute Gasteiger partial charge is 0.243 e. The second-order valence-electron chi connectivity index (χ2n) is 21.4. The number of carbonyl (C=O) groups excluding carboxylic acids is 5. The maximum absolute atomic E-state index is 14.1. The highest BCUT2D eigenvalue weighted by atomic mass is 32.1. The summed E-state index contributed by atoms with van der Waals surface area (Å²) in [6, 6.07) is 17.3. The number of amides is 3. The van der Waals surface area contributed by atoms with Crippen LogP contribution in [0.15, 0.2) is 66.4 Å². The fourth-order valence-corrected chi connectivity index (χ4v) is 11.0. The van der Waals surface area contributed by atoms with Crippen molar-refractivity contribution in [1.82, 2.24) is 35.0 Å². The SMILES string of the molecule is Cc1ncsc1-c1ccc(CNC(=O)[C@@H]2C[C@@H](O)CN2C(=O)[C@@H](CC(=O)CCCCCCCCCCC(=O)N2CC(Nc3cc(C(=O)CC[C@H](O)CN4CCc5ccccc5C4)ncn3)C2)C(C)(C)C)cc1. The molecule has 0 bridgehead atoms. The number of aliphatic hydroxyl groups excluding tert-OH is 2. The van der Waals surface area contributed by atoms with Crippen LogP contribution in [0.1, 0.15) is 144 Å². The summed E-state index contributed by atoms with van der Waals surface area (Å²) in [4.78, 5) is 86.2. The van der Waals surface area contributed by atoms with E-state index in [1.165, 1.54) is 22.4 Å². The van der Waals surface area contributed by atoms with Crippen molar-refractivity contribution in [1.29, 1.82) is 0 Å². The van der Waals surface area contributed by atoms with E-state index in [0.29, 0.717) is 57.0 Å². The number of carbonyl (C=O) groups is 5. The molecule has 0 radical (unpaired) electrons. The average molecular weight is 1010 g/mol. The Morgan fingerprint density at radius 1 is 0.847 bits per heavy atom. The quantitative estimate of drug-likeness (QED) is 0.0354. The molecule has 0 spiro atoms.